The third-order valence-electron chi connectivity index (χ3n) is 5.40. The minimum Gasteiger partial charge on any atom is -0.489 e. The summed E-state index contributed by atoms with van der Waals surface area (Å²) in [5.74, 6) is 0.569. The first kappa shape index (κ1) is 25.8. The fourth-order valence-corrected chi connectivity index (χ4v) is 5.30. The van der Waals surface area contributed by atoms with Gasteiger partial charge in [0.15, 0.2) is 0 Å². The van der Waals surface area contributed by atoms with Crippen LogP contribution < -0.4 is 9.04 Å². The molecule has 0 heterocycles. The van der Waals surface area contributed by atoms with Crippen molar-refractivity contribution >= 4 is 45.0 Å². The largest absolute Gasteiger partial charge is 0.489 e. The lowest BCUT2D eigenvalue weighted by Gasteiger charge is -2.23. The number of nitrogens with zero attached hydrogens (tertiary/aromatic N) is 1. The Morgan fingerprint density at radius 3 is 2.25 bits per heavy atom. The lowest BCUT2D eigenvalue weighted by atomic mass is 10.1. The highest BCUT2D eigenvalue weighted by Gasteiger charge is 2.21. The quantitative estimate of drug-likeness (QED) is 0.218. The van der Waals surface area contributed by atoms with Crippen LogP contribution in [0.2, 0.25) is 10.0 Å². The molecule has 0 aliphatic carbocycles. The molecule has 0 bridgehead atoms. The van der Waals surface area contributed by atoms with Crippen molar-refractivity contribution in [3.8, 4) is 5.75 Å². The SMILES string of the molecule is Cc1cccc(COc2cccc(N(Cc3cccc(Cl)c3)S(=O)(=O)/C=C/c3cccc(Cl)c3)c2)c1. The molecule has 0 saturated heterocycles. The van der Waals surface area contributed by atoms with E-state index in [0.29, 0.717) is 33.7 Å². The van der Waals surface area contributed by atoms with Crippen LogP contribution in [0, 0.1) is 6.92 Å². The topological polar surface area (TPSA) is 46.6 Å². The molecule has 0 amide bonds. The van der Waals surface area contributed by atoms with Crippen LogP contribution in [0.25, 0.3) is 6.08 Å². The third-order valence-corrected chi connectivity index (χ3v) is 7.30. The van der Waals surface area contributed by atoms with Crippen LogP contribution in [0.1, 0.15) is 22.3 Å². The molecule has 0 saturated carbocycles. The van der Waals surface area contributed by atoms with Gasteiger partial charge in [0.05, 0.1) is 17.6 Å². The number of hydrogen-bond donors (Lipinski definition) is 0. The van der Waals surface area contributed by atoms with Gasteiger partial charge in [-0.25, -0.2) is 8.42 Å². The second-order valence-electron chi connectivity index (χ2n) is 8.31. The smallest absolute Gasteiger partial charge is 0.257 e. The molecular weight excluding hydrogens is 513 g/mol. The van der Waals surface area contributed by atoms with Crippen LogP contribution >= 0.6 is 23.2 Å². The van der Waals surface area contributed by atoms with Gasteiger partial charge in [0.1, 0.15) is 12.4 Å². The molecule has 184 valence electrons. The third kappa shape index (κ3) is 7.14. The molecule has 36 heavy (non-hydrogen) atoms. The Labute approximate surface area is 222 Å². The highest BCUT2D eigenvalue weighted by atomic mass is 35.5. The van der Waals surface area contributed by atoms with E-state index in [9.17, 15) is 8.42 Å². The zero-order valence-corrected chi connectivity index (χ0v) is 22.0. The standard InChI is InChI=1S/C29H25Cl2NO3S/c1-22-6-2-9-25(16-22)21-35-29-13-5-12-28(19-29)32(20-24-8-4-11-27(31)18-24)36(33,34)15-14-23-7-3-10-26(30)17-23/h2-19H,20-21H2,1H3/b15-14+. The minimum atomic E-state index is -3.88. The van der Waals surface area contributed by atoms with Crippen molar-refractivity contribution in [1.29, 1.82) is 0 Å². The summed E-state index contributed by atoms with van der Waals surface area (Å²) in [5, 5.41) is 2.25. The highest BCUT2D eigenvalue weighted by Crippen LogP contribution is 2.28. The summed E-state index contributed by atoms with van der Waals surface area (Å²) in [4.78, 5) is 0. The van der Waals surface area contributed by atoms with Crippen molar-refractivity contribution in [2.24, 2.45) is 0 Å². The van der Waals surface area contributed by atoms with Crippen LogP contribution in [-0.2, 0) is 23.2 Å². The van der Waals surface area contributed by atoms with E-state index in [1.807, 2.05) is 37.3 Å². The molecule has 4 aromatic rings. The molecule has 0 aromatic heterocycles. The van der Waals surface area contributed by atoms with E-state index in [1.165, 1.54) is 15.8 Å². The Morgan fingerprint density at radius 2 is 1.50 bits per heavy atom. The van der Waals surface area contributed by atoms with Crippen molar-refractivity contribution in [3.05, 3.63) is 135 Å². The van der Waals surface area contributed by atoms with E-state index >= 15 is 0 Å². The second-order valence-corrected chi connectivity index (χ2v) is 10.9. The van der Waals surface area contributed by atoms with Crippen molar-refractivity contribution in [1.82, 2.24) is 0 Å². The fraction of sp³-hybridized carbons (Fsp3) is 0.103. The Morgan fingerprint density at radius 1 is 0.806 bits per heavy atom. The zero-order chi connectivity index (χ0) is 25.5. The van der Waals surface area contributed by atoms with E-state index < -0.39 is 10.0 Å². The monoisotopic (exact) mass is 537 g/mol. The molecular formula is C29H25Cl2NO3S. The summed E-state index contributed by atoms with van der Waals surface area (Å²) in [7, 11) is -3.88. The molecule has 0 aliphatic rings. The van der Waals surface area contributed by atoms with E-state index in [2.05, 4.69) is 6.07 Å². The average Bonchev–Trinajstić information content (AvgIpc) is 2.85. The molecule has 0 aliphatic heterocycles. The second kappa shape index (κ2) is 11.7. The van der Waals surface area contributed by atoms with Gasteiger partial charge in [0.2, 0.25) is 0 Å². The minimum absolute atomic E-state index is 0.101. The van der Waals surface area contributed by atoms with Gasteiger partial charge in [-0.3, -0.25) is 4.31 Å². The van der Waals surface area contributed by atoms with E-state index in [1.54, 1.807) is 60.7 Å². The van der Waals surface area contributed by atoms with Gasteiger partial charge >= 0.3 is 0 Å². The lowest BCUT2D eigenvalue weighted by Crippen LogP contribution is -2.28. The highest BCUT2D eigenvalue weighted by molar-refractivity contribution is 7.95. The van der Waals surface area contributed by atoms with Gasteiger partial charge in [-0.05, 0) is 66.1 Å². The summed E-state index contributed by atoms with van der Waals surface area (Å²) >= 11 is 12.2. The first-order valence-electron chi connectivity index (χ1n) is 11.3. The van der Waals surface area contributed by atoms with Gasteiger partial charge in [-0.15, -0.1) is 0 Å². The number of rotatable bonds is 9. The van der Waals surface area contributed by atoms with Crippen LogP contribution in [0.3, 0.4) is 0 Å². The number of hydrogen-bond acceptors (Lipinski definition) is 3. The normalized spacial score (nSPS) is 11.5. The Bertz CT molecular complexity index is 1490. The van der Waals surface area contributed by atoms with E-state index in [4.69, 9.17) is 27.9 Å². The molecule has 0 unspecified atom stereocenters. The summed E-state index contributed by atoms with van der Waals surface area (Å²) < 4.78 is 34.4. The molecule has 0 N–H and O–H groups in total. The first-order chi connectivity index (χ1) is 17.3. The number of aryl methyl sites for hydroxylation is 1. The van der Waals surface area contributed by atoms with Gasteiger partial charge in [0.25, 0.3) is 10.0 Å². The van der Waals surface area contributed by atoms with Crippen molar-refractivity contribution in [2.75, 3.05) is 4.31 Å². The maximum atomic E-state index is 13.5. The zero-order valence-electron chi connectivity index (χ0n) is 19.6. The number of benzene rings is 4. The molecule has 0 atom stereocenters. The van der Waals surface area contributed by atoms with Crippen molar-refractivity contribution in [2.45, 2.75) is 20.1 Å². The molecule has 0 spiro atoms. The predicted octanol–water partition coefficient (Wildman–Crippen LogP) is 7.89. The van der Waals surface area contributed by atoms with Crippen LogP contribution in [0.15, 0.2) is 102 Å². The van der Waals surface area contributed by atoms with E-state index in [0.717, 1.165) is 16.7 Å². The van der Waals surface area contributed by atoms with Gasteiger partial charge < -0.3 is 4.74 Å². The number of ether oxygens (including phenoxy) is 1. The van der Waals surface area contributed by atoms with Crippen LogP contribution in [0.4, 0.5) is 5.69 Å². The van der Waals surface area contributed by atoms with Gasteiger partial charge in [-0.2, -0.15) is 0 Å². The summed E-state index contributed by atoms with van der Waals surface area (Å²) in [6.07, 6.45) is 1.53. The predicted molar refractivity (Wildman–Crippen MR) is 149 cm³/mol. The van der Waals surface area contributed by atoms with Gasteiger partial charge in [0, 0.05) is 16.1 Å². The molecule has 0 radical (unpaired) electrons. The summed E-state index contributed by atoms with van der Waals surface area (Å²) in [5.41, 5.74) is 4.10. The number of halogens is 2. The van der Waals surface area contributed by atoms with E-state index in [-0.39, 0.29) is 6.54 Å². The maximum absolute atomic E-state index is 13.5. The van der Waals surface area contributed by atoms with Crippen molar-refractivity contribution in [3.63, 3.8) is 0 Å². The molecule has 4 nitrogen and oxygen atoms in total. The lowest BCUT2D eigenvalue weighted by molar-refractivity contribution is 0.306. The van der Waals surface area contributed by atoms with Crippen LogP contribution in [0.5, 0.6) is 5.75 Å². The average molecular weight is 538 g/mol. The number of anilines is 1. The summed E-state index contributed by atoms with van der Waals surface area (Å²) in [6, 6.07) is 29.3. The van der Waals surface area contributed by atoms with Crippen LogP contribution in [-0.4, -0.2) is 8.42 Å². The number of sulfonamides is 1. The molecule has 0 fully saturated rings. The molecule has 4 rings (SSSR count). The van der Waals surface area contributed by atoms with Crippen molar-refractivity contribution < 1.29 is 13.2 Å². The Balaban J connectivity index is 1.64. The van der Waals surface area contributed by atoms with Gasteiger partial charge in [-0.1, -0.05) is 83.4 Å². The Hall–Kier alpha value is -3.25. The summed E-state index contributed by atoms with van der Waals surface area (Å²) in [6.45, 7) is 2.50. The first-order valence-corrected chi connectivity index (χ1v) is 13.5. The Kier molecular flexibility index (Phi) is 8.36. The molecule has 7 heteroatoms. The molecule has 4 aromatic carbocycles. The fourth-order valence-electron chi connectivity index (χ4n) is 3.67. The maximum Gasteiger partial charge on any atom is 0.257 e.